The summed E-state index contributed by atoms with van der Waals surface area (Å²) in [5.41, 5.74) is 2.33. The summed E-state index contributed by atoms with van der Waals surface area (Å²) in [7, 11) is 0. The monoisotopic (exact) mass is 203 g/mol. The largest absolute Gasteiger partial charge is 0.385 e. The van der Waals surface area contributed by atoms with Gasteiger partial charge in [0.2, 0.25) is 0 Å². The average molecular weight is 203 g/mol. The van der Waals surface area contributed by atoms with Crippen molar-refractivity contribution in [3.8, 4) is 12.3 Å². The van der Waals surface area contributed by atoms with Gasteiger partial charge in [-0.25, -0.2) is 0 Å². The van der Waals surface area contributed by atoms with E-state index >= 15 is 0 Å². The lowest BCUT2D eigenvalue weighted by Crippen LogP contribution is -2.15. The molecule has 1 rings (SSSR count). The van der Waals surface area contributed by atoms with Crippen molar-refractivity contribution in [2.45, 2.75) is 45.4 Å². The zero-order valence-corrected chi connectivity index (χ0v) is 9.68. The van der Waals surface area contributed by atoms with Crippen molar-refractivity contribution in [3.63, 3.8) is 0 Å². The van der Waals surface area contributed by atoms with Crippen LogP contribution < -0.4 is 5.32 Å². The Morgan fingerprint density at radius 2 is 2.27 bits per heavy atom. The van der Waals surface area contributed by atoms with Crippen LogP contribution >= 0.6 is 0 Å². The van der Waals surface area contributed by atoms with Crippen LogP contribution in [0.15, 0.2) is 23.4 Å². The molecule has 0 aliphatic heterocycles. The number of unbranched alkanes of at least 4 members (excludes halogenated alkanes) is 3. The van der Waals surface area contributed by atoms with E-state index in [-0.39, 0.29) is 0 Å². The van der Waals surface area contributed by atoms with E-state index in [9.17, 15) is 0 Å². The van der Waals surface area contributed by atoms with E-state index in [0.717, 1.165) is 25.0 Å². The quantitative estimate of drug-likeness (QED) is 0.515. The molecule has 0 fully saturated rings. The highest BCUT2D eigenvalue weighted by atomic mass is 14.9. The van der Waals surface area contributed by atoms with Crippen molar-refractivity contribution in [2.24, 2.45) is 0 Å². The Hall–Kier alpha value is -1.16. The first kappa shape index (κ1) is 11.9. The molecule has 1 N–H and O–H groups in total. The maximum atomic E-state index is 5.39. The summed E-state index contributed by atoms with van der Waals surface area (Å²) >= 11 is 0. The third-order valence-corrected chi connectivity index (χ3v) is 2.65. The first-order valence-corrected chi connectivity index (χ1v) is 5.98. The van der Waals surface area contributed by atoms with Gasteiger partial charge in [-0.1, -0.05) is 38.2 Å². The van der Waals surface area contributed by atoms with Gasteiger partial charge in [-0.3, -0.25) is 0 Å². The summed E-state index contributed by atoms with van der Waals surface area (Å²) in [5.74, 6) is 2.72. The van der Waals surface area contributed by atoms with E-state index < -0.39 is 0 Å². The lowest BCUT2D eigenvalue weighted by molar-refractivity contribution is 0.637. The molecule has 0 heterocycles. The van der Waals surface area contributed by atoms with Crippen LogP contribution in [0, 0.1) is 12.3 Å². The van der Waals surface area contributed by atoms with Gasteiger partial charge in [0.1, 0.15) is 0 Å². The summed E-state index contributed by atoms with van der Waals surface area (Å²) in [6.07, 6.45) is 17.0. The topological polar surface area (TPSA) is 12.0 Å². The molecule has 0 unspecified atom stereocenters. The van der Waals surface area contributed by atoms with Crippen LogP contribution in [0.3, 0.4) is 0 Å². The van der Waals surface area contributed by atoms with Crippen LogP contribution in [0.5, 0.6) is 0 Å². The van der Waals surface area contributed by atoms with Crippen molar-refractivity contribution >= 4 is 0 Å². The summed E-state index contributed by atoms with van der Waals surface area (Å²) in [6, 6.07) is 0. The molecule has 1 aliphatic carbocycles. The highest BCUT2D eigenvalue weighted by Gasteiger charge is 2.02. The van der Waals surface area contributed by atoms with Crippen molar-refractivity contribution in [1.82, 2.24) is 5.32 Å². The minimum Gasteiger partial charge on any atom is -0.385 e. The minimum atomic E-state index is 1.03. The van der Waals surface area contributed by atoms with Crippen molar-refractivity contribution in [3.05, 3.63) is 23.4 Å². The molecule has 0 amide bonds. The predicted octanol–water partition coefficient (Wildman–Crippen LogP) is 3.39. The molecule has 0 aromatic rings. The molecule has 0 saturated heterocycles. The van der Waals surface area contributed by atoms with Crippen LogP contribution in [-0.2, 0) is 0 Å². The second kappa shape index (κ2) is 7.17. The van der Waals surface area contributed by atoms with Crippen molar-refractivity contribution in [2.75, 3.05) is 6.54 Å². The number of rotatable bonds is 6. The molecule has 15 heavy (non-hydrogen) atoms. The fraction of sp³-hybridized carbons (Fsp3) is 0.571. The zero-order valence-electron chi connectivity index (χ0n) is 9.68. The van der Waals surface area contributed by atoms with E-state index in [2.05, 4.69) is 30.3 Å². The van der Waals surface area contributed by atoms with Gasteiger partial charge >= 0.3 is 0 Å². The van der Waals surface area contributed by atoms with E-state index in [1.807, 2.05) is 0 Å². The lowest BCUT2D eigenvalue weighted by atomic mass is 10.0. The Kier molecular flexibility index (Phi) is 5.70. The molecule has 1 nitrogen and oxygen atoms in total. The van der Waals surface area contributed by atoms with Gasteiger partial charge in [-0.15, -0.1) is 6.42 Å². The lowest BCUT2D eigenvalue weighted by Gasteiger charge is -2.12. The fourth-order valence-electron chi connectivity index (χ4n) is 1.72. The van der Waals surface area contributed by atoms with Gasteiger partial charge < -0.3 is 5.32 Å². The normalized spacial score (nSPS) is 15.2. The summed E-state index contributed by atoms with van der Waals surface area (Å²) < 4.78 is 0. The van der Waals surface area contributed by atoms with E-state index in [0.29, 0.717) is 0 Å². The second-order valence-corrected chi connectivity index (χ2v) is 4.00. The SMILES string of the molecule is C#CC1=CC(NCCCCCC)=CCC1. The van der Waals surface area contributed by atoms with Gasteiger partial charge in [0.25, 0.3) is 0 Å². The third kappa shape index (κ3) is 4.74. The molecule has 1 aliphatic rings. The molecular formula is C14H21N. The van der Waals surface area contributed by atoms with Gasteiger partial charge in [-0.05, 0) is 25.3 Å². The predicted molar refractivity (Wildman–Crippen MR) is 66.4 cm³/mol. The molecule has 0 aromatic heterocycles. The number of hydrogen-bond acceptors (Lipinski definition) is 1. The van der Waals surface area contributed by atoms with Gasteiger partial charge in [0, 0.05) is 17.8 Å². The number of hydrogen-bond donors (Lipinski definition) is 1. The molecule has 0 spiro atoms. The smallest absolute Gasteiger partial charge is 0.0308 e. The maximum Gasteiger partial charge on any atom is 0.0308 e. The molecular weight excluding hydrogens is 182 g/mol. The standard InChI is InChI=1S/C14H21N/c1-3-5-6-7-11-15-14-10-8-9-13(4-2)12-14/h2,10,12,15H,3,5-9,11H2,1H3. The molecule has 1 heteroatoms. The number of nitrogens with one attached hydrogen (secondary N) is 1. The first-order chi connectivity index (χ1) is 7.36. The van der Waals surface area contributed by atoms with Crippen LogP contribution in [0.1, 0.15) is 45.4 Å². The van der Waals surface area contributed by atoms with Gasteiger partial charge in [-0.2, -0.15) is 0 Å². The van der Waals surface area contributed by atoms with Crippen molar-refractivity contribution in [1.29, 1.82) is 0 Å². The van der Waals surface area contributed by atoms with E-state index in [1.54, 1.807) is 0 Å². The molecule has 0 atom stereocenters. The van der Waals surface area contributed by atoms with Crippen LogP contribution in [0.25, 0.3) is 0 Å². The van der Waals surface area contributed by atoms with Crippen LogP contribution in [0.4, 0.5) is 0 Å². The summed E-state index contributed by atoms with van der Waals surface area (Å²) in [6.45, 7) is 3.30. The van der Waals surface area contributed by atoms with Gasteiger partial charge in [0.05, 0.1) is 0 Å². The van der Waals surface area contributed by atoms with Gasteiger partial charge in [0.15, 0.2) is 0 Å². The summed E-state index contributed by atoms with van der Waals surface area (Å²) in [4.78, 5) is 0. The van der Waals surface area contributed by atoms with Crippen molar-refractivity contribution < 1.29 is 0 Å². The molecule has 0 aromatic carbocycles. The highest BCUT2D eigenvalue weighted by Crippen LogP contribution is 2.14. The fourth-order valence-corrected chi connectivity index (χ4v) is 1.72. The Morgan fingerprint density at radius 3 is 3.00 bits per heavy atom. The molecule has 0 bridgehead atoms. The third-order valence-electron chi connectivity index (χ3n) is 2.65. The first-order valence-electron chi connectivity index (χ1n) is 5.98. The zero-order chi connectivity index (χ0) is 10.9. The Morgan fingerprint density at radius 1 is 1.40 bits per heavy atom. The number of allylic oxidation sites excluding steroid dienone is 3. The van der Waals surface area contributed by atoms with E-state index in [1.165, 1.54) is 31.4 Å². The summed E-state index contributed by atoms with van der Waals surface area (Å²) in [5, 5.41) is 3.43. The Labute approximate surface area is 93.6 Å². The molecule has 0 radical (unpaired) electrons. The van der Waals surface area contributed by atoms with E-state index in [4.69, 9.17) is 6.42 Å². The Bertz CT molecular complexity index is 278. The highest BCUT2D eigenvalue weighted by molar-refractivity contribution is 5.36. The molecule has 0 saturated carbocycles. The minimum absolute atomic E-state index is 1.03. The van der Waals surface area contributed by atoms with Crippen LogP contribution in [-0.4, -0.2) is 6.54 Å². The second-order valence-electron chi connectivity index (χ2n) is 4.00. The number of terminal acetylenes is 1. The Balaban J connectivity index is 2.19. The average Bonchev–Trinajstić information content (AvgIpc) is 2.29. The van der Waals surface area contributed by atoms with Crippen LogP contribution in [0.2, 0.25) is 0 Å². The molecule has 82 valence electrons. The maximum absolute atomic E-state index is 5.39.